The van der Waals surface area contributed by atoms with Gasteiger partial charge in [-0.25, -0.2) is 4.79 Å². The molecular formula is C21H27NO6. The lowest BCUT2D eigenvalue weighted by atomic mass is 10.0. The van der Waals surface area contributed by atoms with Crippen LogP contribution in [0, 0.1) is 6.92 Å². The molecule has 2 rings (SSSR count). The second-order valence-corrected chi connectivity index (χ2v) is 6.74. The first-order valence-electron chi connectivity index (χ1n) is 9.60. The van der Waals surface area contributed by atoms with Crippen LogP contribution in [0.15, 0.2) is 27.4 Å². The Morgan fingerprint density at radius 2 is 2.00 bits per heavy atom. The Morgan fingerprint density at radius 3 is 2.71 bits per heavy atom. The first kappa shape index (κ1) is 21.5. The molecule has 0 fully saturated rings. The highest BCUT2D eigenvalue weighted by atomic mass is 16.5. The van der Waals surface area contributed by atoms with E-state index < -0.39 is 11.9 Å². The predicted octanol–water partition coefficient (Wildman–Crippen LogP) is 3.19. The number of hydrogen-bond donors (Lipinski definition) is 2. The maximum Gasteiger partial charge on any atom is 0.339 e. The van der Waals surface area contributed by atoms with Gasteiger partial charge < -0.3 is 19.6 Å². The number of carboxylic acid groups (broad SMARTS) is 1. The van der Waals surface area contributed by atoms with Gasteiger partial charge in [-0.1, -0.05) is 26.2 Å². The number of carboxylic acids is 1. The van der Waals surface area contributed by atoms with E-state index in [9.17, 15) is 14.4 Å². The fourth-order valence-corrected chi connectivity index (χ4v) is 2.99. The molecule has 1 aromatic carbocycles. The molecule has 1 aromatic heterocycles. The van der Waals surface area contributed by atoms with Crippen LogP contribution in [0.4, 0.5) is 0 Å². The summed E-state index contributed by atoms with van der Waals surface area (Å²) in [6.45, 7) is 3.87. The maximum atomic E-state index is 12.3. The Morgan fingerprint density at radius 1 is 1.21 bits per heavy atom. The molecule has 152 valence electrons. The van der Waals surface area contributed by atoms with Crippen molar-refractivity contribution in [1.82, 2.24) is 5.32 Å². The molecule has 0 radical (unpaired) electrons. The predicted molar refractivity (Wildman–Crippen MR) is 106 cm³/mol. The van der Waals surface area contributed by atoms with Gasteiger partial charge in [0.2, 0.25) is 0 Å². The highest BCUT2D eigenvalue weighted by molar-refractivity contribution is 5.82. The number of aryl methyl sites for hydroxylation is 1. The number of aliphatic carboxylic acids is 1. The minimum absolute atomic E-state index is 0.0460. The van der Waals surface area contributed by atoms with E-state index >= 15 is 0 Å². The molecule has 0 aliphatic carbocycles. The van der Waals surface area contributed by atoms with E-state index in [1.54, 1.807) is 12.1 Å². The smallest absolute Gasteiger partial charge is 0.339 e. The fraction of sp³-hybridized carbons (Fsp3) is 0.476. The van der Waals surface area contributed by atoms with Gasteiger partial charge in [-0.3, -0.25) is 9.59 Å². The summed E-state index contributed by atoms with van der Waals surface area (Å²) < 4.78 is 10.9. The molecule has 7 nitrogen and oxygen atoms in total. The van der Waals surface area contributed by atoms with Crippen LogP contribution in [-0.2, 0) is 16.0 Å². The zero-order valence-corrected chi connectivity index (χ0v) is 16.4. The van der Waals surface area contributed by atoms with E-state index in [1.807, 2.05) is 13.0 Å². The van der Waals surface area contributed by atoms with Crippen molar-refractivity contribution >= 4 is 22.8 Å². The van der Waals surface area contributed by atoms with E-state index in [0.717, 1.165) is 42.2 Å². The molecule has 0 saturated carbocycles. The summed E-state index contributed by atoms with van der Waals surface area (Å²) in [5, 5.41) is 11.9. The summed E-state index contributed by atoms with van der Waals surface area (Å²) in [6, 6.07) is 5.14. The lowest BCUT2D eigenvalue weighted by Gasteiger charge is -2.10. The average Bonchev–Trinajstić information content (AvgIpc) is 2.65. The Balaban J connectivity index is 2.04. The van der Waals surface area contributed by atoms with Crippen molar-refractivity contribution in [2.75, 3.05) is 13.2 Å². The highest BCUT2D eigenvalue weighted by Crippen LogP contribution is 2.25. The minimum Gasteiger partial charge on any atom is -0.484 e. The van der Waals surface area contributed by atoms with Gasteiger partial charge >= 0.3 is 11.6 Å². The second-order valence-electron chi connectivity index (χ2n) is 6.74. The number of rotatable bonds is 11. The van der Waals surface area contributed by atoms with E-state index in [4.69, 9.17) is 14.3 Å². The quantitative estimate of drug-likeness (QED) is 0.452. The van der Waals surface area contributed by atoms with Crippen molar-refractivity contribution in [2.45, 2.75) is 52.4 Å². The number of carbonyl (C=O) groups excluding carboxylic acids is 1. The number of hydrogen-bond acceptors (Lipinski definition) is 5. The van der Waals surface area contributed by atoms with Crippen LogP contribution in [0.3, 0.4) is 0 Å². The average molecular weight is 389 g/mol. The highest BCUT2D eigenvalue weighted by Gasteiger charge is 2.12. The lowest BCUT2D eigenvalue weighted by Crippen LogP contribution is -2.30. The Bertz CT molecular complexity index is 886. The number of fused-ring (bicyclic) bond motifs is 1. The zero-order chi connectivity index (χ0) is 20.5. The Kier molecular flexibility index (Phi) is 8.04. The van der Waals surface area contributed by atoms with E-state index in [-0.39, 0.29) is 25.2 Å². The SMILES string of the molecule is CCCCCCc1c(C)c2ccc(OCC(=O)NCCC(=O)O)cc2oc1=O. The van der Waals surface area contributed by atoms with Crippen molar-refractivity contribution in [3.63, 3.8) is 0 Å². The third kappa shape index (κ3) is 6.11. The number of amides is 1. The number of benzene rings is 1. The Hall–Kier alpha value is -2.83. The van der Waals surface area contributed by atoms with Crippen molar-refractivity contribution in [1.29, 1.82) is 0 Å². The van der Waals surface area contributed by atoms with Gasteiger partial charge in [-0.15, -0.1) is 0 Å². The van der Waals surface area contributed by atoms with Gasteiger partial charge in [0.1, 0.15) is 11.3 Å². The van der Waals surface area contributed by atoms with Crippen molar-refractivity contribution in [3.05, 3.63) is 39.7 Å². The molecule has 0 aliphatic heterocycles. The van der Waals surface area contributed by atoms with Crippen LogP contribution < -0.4 is 15.7 Å². The second kappa shape index (κ2) is 10.5. The Labute approximate surface area is 163 Å². The molecule has 0 unspecified atom stereocenters. The van der Waals surface area contributed by atoms with Crippen molar-refractivity contribution in [3.8, 4) is 5.75 Å². The molecule has 0 aliphatic rings. The summed E-state index contributed by atoms with van der Waals surface area (Å²) in [4.78, 5) is 34.4. The molecule has 0 saturated heterocycles. The molecule has 0 atom stereocenters. The molecule has 2 N–H and O–H groups in total. The van der Waals surface area contributed by atoms with Gasteiger partial charge in [0.25, 0.3) is 5.91 Å². The molecular weight excluding hydrogens is 362 g/mol. The monoisotopic (exact) mass is 389 g/mol. The van der Waals surface area contributed by atoms with Gasteiger partial charge in [-0.05, 0) is 37.5 Å². The largest absolute Gasteiger partial charge is 0.484 e. The molecule has 1 heterocycles. The minimum atomic E-state index is -0.981. The lowest BCUT2D eigenvalue weighted by molar-refractivity contribution is -0.137. The molecule has 0 spiro atoms. The first-order valence-corrected chi connectivity index (χ1v) is 9.60. The summed E-state index contributed by atoms with van der Waals surface area (Å²) >= 11 is 0. The van der Waals surface area contributed by atoms with Crippen LogP contribution in [0.2, 0.25) is 0 Å². The fourth-order valence-electron chi connectivity index (χ4n) is 2.99. The standard InChI is InChI=1S/C21H27NO6/c1-3-4-5-6-7-17-14(2)16-9-8-15(12-18(16)28-21(17)26)27-13-19(23)22-11-10-20(24)25/h8-9,12H,3-7,10-11,13H2,1-2H3,(H,22,23)(H,24,25). The molecule has 0 bridgehead atoms. The maximum absolute atomic E-state index is 12.3. The summed E-state index contributed by atoms with van der Waals surface area (Å²) in [7, 11) is 0. The third-order valence-electron chi connectivity index (χ3n) is 4.57. The molecule has 28 heavy (non-hydrogen) atoms. The van der Waals surface area contributed by atoms with E-state index in [1.165, 1.54) is 0 Å². The normalized spacial score (nSPS) is 10.8. The summed E-state index contributed by atoms with van der Waals surface area (Å²) in [6.07, 6.45) is 4.91. The van der Waals surface area contributed by atoms with Crippen LogP contribution >= 0.6 is 0 Å². The molecule has 2 aromatic rings. The van der Waals surface area contributed by atoms with Crippen LogP contribution in [0.5, 0.6) is 5.75 Å². The van der Waals surface area contributed by atoms with Gasteiger partial charge in [0, 0.05) is 23.6 Å². The number of ether oxygens (including phenoxy) is 1. The van der Waals surface area contributed by atoms with Crippen LogP contribution in [-0.4, -0.2) is 30.1 Å². The third-order valence-corrected chi connectivity index (χ3v) is 4.57. The number of carbonyl (C=O) groups is 2. The van der Waals surface area contributed by atoms with E-state index in [0.29, 0.717) is 17.8 Å². The van der Waals surface area contributed by atoms with Crippen LogP contribution in [0.1, 0.15) is 50.2 Å². The van der Waals surface area contributed by atoms with Gasteiger partial charge in [-0.2, -0.15) is 0 Å². The molecule has 7 heteroatoms. The van der Waals surface area contributed by atoms with E-state index in [2.05, 4.69) is 12.2 Å². The van der Waals surface area contributed by atoms with Crippen molar-refractivity contribution < 1.29 is 23.8 Å². The number of nitrogens with one attached hydrogen (secondary N) is 1. The summed E-state index contributed by atoms with van der Waals surface area (Å²) in [5.74, 6) is -0.994. The van der Waals surface area contributed by atoms with Gasteiger partial charge in [0.15, 0.2) is 6.61 Å². The number of unbranched alkanes of at least 4 members (excludes halogenated alkanes) is 3. The first-order chi connectivity index (χ1) is 13.4. The van der Waals surface area contributed by atoms with Crippen molar-refractivity contribution in [2.24, 2.45) is 0 Å². The topological polar surface area (TPSA) is 106 Å². The zero-order valence-electron chi connectivity index (χ0n) is 16.4. The van der Waals surface area contributed by atoms with Gasteiger partial charge in [0.05, 0.1) is 6.42 Å². The summed E-state index contributed by atoms with van der Waals surface area (Å²) in [5.41, 5.74) is 1.73. The van der Waals surface area contributed by atoms with Crippen LogP contribution in [0.25, 0.3) is 11.0 Å². The molecule has 1 amide bonds.